The number of halogens is 1. The topological polar surface area (TPSA) is 38.7 Å². The highest BCUT2D eigenvalue weighted by atomic mass is 35.5. The van der Waals surface area contributed by atoms with Gasteiger partial charge in [0.2, 0.25) is 0 Å². The third-order valence-corrected chi connectivity index (χ3v) is 2.81. The second-order valence-corrected chi connectivity index (χ2v) is 4.16. The zero-order valence-electron chi connectivity index (χ0n) is 7.80. The van der Waals surface area contributed by atoms with Gasteiger partial charge < -0.3 is 0 Å². The minimum absolute atomic E-state index is 0.703. The highest BCUT2D eigenvalue weighted by molar-refractivity contribution is 7.98. The molecule has 0 aliphatic rings. The van der Waals surface area contributed by atoms with E-state index in [-0.39, 0.29) is 0 Å². The molecule has 0 radical (unpaired) electrons. The second-order valence-electron chi connectivity index (χ2n) is 2.79. The predicted molar refractivity (Wildman–Crippen MR) is 60.8 cm³/mol. The minimum Gasteiger partial charge on any atom is -0.260 e. The molecule has 3 nitrogen and oxygen atoms in total. The Bertz CT molecular complexity index is 436. The number of thioether (sulfide) groups is 1. The van der Waals surface area contributed by atoms with Gasteiger partial charge in [-0.25, -0.2) is 9.97 Å². The first-order valence-corrected chi connectivity index (χ1v) is 5.71. The maximum atomic E-state index is 5.85. The third-order valence-electron chi connectivity index (χ3n) is 1.67. The van der Waals surface area contributed by atoms with E-state index < -0.39 is 0 Å². The fourth-order valence-electron chi connectivity index (χ4n) is 1.03. The van der Waals surface area contributed by atoms with Gasteiger partial charge >= 0.3 is 0 Å². The molecule has 0 N–H and O–H groups in total. The van der Waals surface area contributed by atoms with E-state index in [1.807, 2.05) is 6.07 Å². The van der Waals surface area contributed by atoms with Crippen molar-refractivity contribution < 1.29 is 0 Å². The van der Waals surface area contributed by atoms with Crippen LogP contribution in [0, 0.1) is 0 Å². The van der Waals surface area contributed by atoms with Crippen molar-refractivity contribution in [1.82, 2.24) is 15.0 Å². The minimum atomic E-state index is 0.703. The zero-order chi connectivity index (χ0) is 10.5. The summed E-state index contributed by atoms with van der Waals surface area (Å²) in [5.41, 5.74) is 0.931. The smallest absolute Gasteiger partial charge is 0.187 e. The van der Waals surface area contributed by atoms with Crippen LogP contribution in [0.1, 0.15) is 5.69 Å². The van der Waals surface area contributed by atoms with Crippen LogP contribution < -0.4 is 0 Å². The van der Waals surface area contributed by atoms with Crippen LogP contribution in [0.2, 0.25) is 5.02 Å². The summed E-state index contributed by atoms with van der Waals surface area (Å²) in [6, 6.07) is 5.40. The van der Waals surface area contributed by atoms with Gasteiger partial charge in [0, 0.05) is 29.4 Å². The van der Waals surface area contributed by atoms with Crippen molar-refractivity contribution >= 4 is 23.4 Å². The zero-order valence-corrected chi connectivity index (χ0v) is 9.37. The molecule has 0 saturated carbocycles. The molecule has 0 fully saturated rings. The Morgan fingerprint density at radius 3 is 2.67 bits per heavy atom. The van der Waals surface area contributed by atoms with Crippen LogP contribution in [-0.2, 0) is 5.75 Å². The monoisotopic (exact) mass is 237 g/mol. The van der Waals surface area contributed by atoms with E-state index in [0.29, 0.717) is 5.02 Å². The van der Waals surface area contributed by atoms with Crippen molar-refractivity contribution in [2.75, 3.05) is 0 Å². The van der Waals surface area contributed by atoms with Gasteiger partial charge in [-0.1, -0.05) is 23.4 Å². The SMILES string of the molecule is Clc1ccnc(CSc2ncccn2)c1. The molecule has 2 aromatic rings. The summed E-state index contributed by atoms with van der Waals surface area (Å²) in [6.07, 6.45) is 5.14. The number of hydrogen-bond acceptors (Lipinski definition) is 4. The maximum absolute atomic E-state index is 5.85. The average molecular weight is 238 g/mol. The molecular formula is C10H8ClN3S. The van der Waals surface area contributed by atoms with Crippen LogP contribution in [-0.4, -0.2) is 15.0 Å². The normalized spacial score (nSPS) is 10.2. The summed E-state index contributed by atoms with van der Waals surface area (Å²) >= 11 is 7.38. The van der Waals surface area contributed by atoms with Gasteiger partial charge in [-0.2, -0.15) is 0 Å². The van der Waals surface area contributed by atoms with Crippen molar-refractivity contribution in [2.24, 2.45) is 0 Å². The van der Waals surface area contributed by atoms with Gasteiger partial charge in [-0.3, -0.25) is 4.98 Å². The second kappa shape index (κ2) is 5.09. The highest BCUT2D eigenvalue weighted by Gasteiger charge is 1.99. The van der Waals surface area contributed by atoms with Crippen molar-refractivity contribution in [2.45, 2.75) is 10.9 Å². The van der Waals surface area contributed by atoms with Gasteiger partial charge in [0.05, 0.1) is 5.69 Å². The van der Waals surface area contributed by atoms with E-state index in [9.17, 15) is 0 Å². The average Bonchev–Trinajstić information content (AvgIpc) is 2.28. The lowest BCUT2D eigenvalue weighted by Gasteiger charge is -1.99. The van der Waals surface area contributed by atoms with Gasteiger partial charge in [-0.15, -0.1) is 0 Å². The van der Waals surface area contributed by atoms with Gasteiger partial charge in [0.1, 0.15) is 0 Å². The van der Waals surface area contributed by atoms with Crippen molar-refractivity contribution in [3.8, 4) is 0 Å². The third kappa shape index (κ3) is 3.18. The lowest BCUT2D eigenvalue weighted by Crippen LogP contribution is -1.88. The molecule has 15 heavy (non-hydrogen) atoms. The van der Waals surface area contributed by atoms with E-state index >= 15 is 0 Å². The van der Waals surface area contributed by atoms with E-state index in [0.717, 1.165) is 16.6 Å². The number of nitrogens with zero attached hydrogens (tertiary/aromatic N) is 3. The molecule has 0 aromatic carbocycles. The lowest BCUT2D eigenvalue weighted by atomic mass is 10.4. The van der Waals surface area contributed by atoms with Crippen LogP contribution in [0.15, 0.2) is 41.9 Å². The van der Waals surface area contributed by atoms with Gasteiger partial charge in [-0.05, 0) is 18.2 Å². The molecule has 0 bridgehead atoms. The first-order chi connectivity index (χ1) is 7.34. The predicted octanol–water partition coefficient (Wildman–Crippen LogP) is 2.82. The van der Waals surface area contributed by atoms with Crippen LogP contribution in [0.25, 0.3) is 0 Å². The summed E-state index contributed by atoms with van der Waals surface area (Å²) in [7, 11) is 0. The summed E-state index contributed by atoms with van der Waals surface area (Å²) in [5.74, 6) is 0.727. The lowest BCUT2D eigenvalue weighted by molar-refractivity contribution is 0.964. The molecule has 0 atom stereocenters. The molecule has 2 heterocycles. The molecule has 2 aromatic heterocycles. The van der Waals surface area contributed by atoms with E-state index in [2.05, 4.69) is 15.0 Å². The molecule has 76 valence electrons. The molecule has 0 saturated heterocycles. The number of hydrogen-bond donors (Lipinski definition) is 0. The fourth-order valence-corrected chi connectivity index (χ4v) is 1.91. The molecule has 0 aliphatic heterocycles. The van der Waals surface area contributed by atoms with Crippen molar-refractivity contribution in [3.05, 3.63) is 47.5 Å². The van der Waals surface area contributed by atoms with E-state index in [1.54, 1.807) is 30.7 Å². The van der Waals surface area contributed by atoms with Crippen LogP contribution >= 0.6 is 23.4 Å². The Labute approximate surface area is 96.9 Å². The molecule has 2 rings (SSSR count). The Hall–Kier alpha value is -1.13. The Balaban J connectivity index is 1.99. The standard InChI is InChI=1S/C10H8ClN3S/c11-8-2-5-12-9(6-8)7-15-10-13-3-1-4-14-10/h1-6H,7H2. The number of rotatable bonds is 3. The molecule has 5 heteroatoms. The molecular weight excluding hydrogens is 230 g/mol. The molecule has 0 spiro atoms. The molecule has 0 aliphatic carbocycles. The van der Waals surface area contributed by atoms with E-state index in [1.165, 1.54) is 11.8 Å². The van der Waals surface area contributed by atoms with Crippen LogP contribution in [0.5, 0.6) is 0 Å². The van der Waals surface area contributed by atoms with Crippen LogP contribution in [0.4, 0.5) is 0 Å². The van der Waals surface area contributed by atoms with Crippen molar-refractivity contribution in [3.63, 3.8) is 0 Å². The summed E-state index contributed by atoms with van der Waals surface area (Å²) < 4.78 is 0. The van der Waals surface area contributed by atoms with Crippen LogP contribution in [0.3, 0.4) is 0 Å². The van der Waals surface area contributed by atoms with Gasteiger partial charge in [0.15, 0.2) is 5.16 Å². The summed E-state index contributed by atoms with van der Waals surface area (Å²) in [5, 5.41) is 1.45. The Kier molecular flexibility index (Phi) is 3.53. The first kappa shape index (κ1) is 10.4. The number of pyridine rings is 1. The Morgan fingerprint density at radius 2 is 1.93 bits per heavy atom. The van der Waals surface area contributed by atoms with Gasteiger partial charge in [0.25, 0.3) is 0 Å². The largest absolute Gasteiger partial charge is 0.260 e. The summed E-state index contributed by atoms with van der Waals surface area (Å²) in [4.78, 5) is 12.4. The Morgan fingerprint density at radius 1 is 1.13 bits per heavy atom. The molecule has 0 amide bonds. The molecule has 0 unspecified atom stereocenters. The van der Waals surface area contributed by atoms with E-state index in [4.69, 9.17) is 11.6 Å². The fraction of sp³-hybridized carbons (Fsp3) is 0.100. The highest BCUT2D eigenvalue weighted by Crippen LogP contribution is 2.18. The summed E-state index contributed by atoms with van der Waals surface area (Å²) in [6.45, 7) is 0. The quantitative estimate of drug-likeness (QED) is 0.608. The number of aromatic nitrogens is 3. The maximum Gasteiger partial charge on any atom is 0.187 e. The first-order valence-electron chi connectivity index (χ1n) is 4.35. The van der Waals surface area contributed by atoms with Crippen molar-refractivity contribution in [1.29, 1.82) is 0 Å².